The van der Waals surface area contributed by atoms with Crippen LogP contribution in [0.2, 0.25) is 0 Å². The van der Waals surface area contributed by atoms with Gasteiger partial charge in [-0.15, -0.1) is 0 Å². The molecule has 2 aliphatic rings. The molecule has 2 aromatic rings. The lowest BCUT2D eigenvalue weighted by Gasteiger charge is -2.39. The van der Waals surface area contributed by atoms with Crippen LogP contribution in [0.15, 0.2) is 59.1 Å². The third-order valence-electron chi connectivity index (χ3n) is 6.32. The van der Waals surface area contributed by atoms with Gasteiger partial charge in [0.1, 0.15) is 0 Å². The largest absolute Gasteiger partial charge is 0.381 e. The Labute approximate surface area is 185 Å². The van der Waals surface area contributed by atoms with Gasteiger partial charge in [-0.05, 0) is 55.5 Å². The zero-order chi connectivity index (χ0) is 21.0. The molecule has 0 aromatic heterocycles. The molecule has 158 valence electrons. The van der Waals surface area contributed by atoms with Gasteiger partial charge >= 0.3 is 0 Å². The van der Waals surface area contributed by atoms with Crippen LogP contribution >= 0.6 is 15.9 Å². The van der Waals surface area contributed by atoms with Crippen LogP contribution in [-0.4, -0.2) is 49.1 Å². The second kappa shape index (κ2) is 9.31. The van der Waals surface area contributed by atoms with Gasteiger partial charge in [0.2, 0.25) is 5.91 Å². The maximum atomic E-state index is 13.5. The lowest BCUT2D eigenvalue weighted by molar-refractivity contribution is -0.131. The predicted molar refractivity (Wildman–Crippen MR) is 119 cm³/mol. The molecule has 0 unspecified atom stereocenters. The van der Waals surface area contributed by atoms with Crippen molar-refractivity contribution in [3.05, 3.63) is 70.2 Å². The Kier molecular flexibility index (Phi) is 6.54. The van der Waals surface area contributed by atoms with Crippen molar-refractivity contribution >= 4 is 27.7 Å². The molecule has 4 rings (SSSR count). The molecule has 0 radical (unpaired) electrons. The van der Waals surface area contributed by atoms with Crippen LogP contribution in [-0.2, 0) is 14.9 Å². The van der Waals surface area contributed by atoms with Crippen molar-refractivity contribution in [2.45, 2.75) is 37.1 Å². The number of hydrogen-bond acceptors (Lipinski definition) is 3. The smallest absolute Gasteiger partial charge is 0.253 e. The number of carbonyl (C=O) groups is 2. The van der Waals surface area contributed by atoms with Crippen LogP contribution in [0.25, 0.3) is 0 Å². The normalized spacial score (nSPS) is 19.3. The Morgan fingerprint density at radius 3 is 2.23 bits per heavy atom. The highest BCUT2D eigenvalue weighted by Crippen LogP contribution is 2.36. The van der Waals surface area contributed by atoms with Crippen LogP contribution in [0.5, 0.6) is 0 Å². The fourth-order valence-corrected chi connectivity index (χ4v) is 4.71. The third kappa shape index (κ3) is 4.44. The molecular weight excluding hydrogens is 444 g/mol. The van der Waals surface area contributed by atoms with E-state index in [1.54, 1.807) is 0 Å². The molecule has 6 heteroatoms. The average molecular weight is 471 g/mol. The van der Waals surface area contributed by atoms with E-state index in [1.807, 2.05) is 59.5 Å². The number of piperidine rings is 1. The summed E-state index contributed by atoms with van der Waals surface area (Å²) in [5, 5.41) is 3.30. The highest BCUT2D eigenvalue weighted by atomic mass is 79.9. The number of hydrogen-bond donors (Lipinski definition) is 1. The summed E-state index contributed by atoms with van der Waals surface area (Å²) >= 11 is 3.48. The van der Waals surface area contributed by atoms with E-state index in [-0.39, 0.29) is 17.9 Å². The molecule has 2 aromatic carbocycles. The average Bonchev–Trinajstić information content (AvgIpc) is 2.80. The Bertz CT molecular complexity index is 871. The summed E-state index contributed by atoms with van der Waals surface area (Å²) in [6, 6.07) is 17.5. The summed E-state index contributed by atoms with van der Waals surface area (Å²) in [5.41, 5.74) is 1.22. The highest BCUT2D eigenvalue weighted by Gasteiger charge is 2.42. The van der Waals surface area contributed by atoms with Crippen molar-refractivity contribution in [1.29, 1.82) is 0 Å². The summed E-state index contributed by atoms with van der Waals surface area (Å²) < 4.78 is 6.56. The molecule has 2 amide bonds. The minimum atomic E-state index is -0.546. The van der Waals surface area contributed by atoms with E-state index >= 15 is 0 Å². The van der Waals surface area contributed by atoms with E-state index in [4.69, 9.17) is 4.74 Å². The third-order valence-corrected chi connectivity index (χ3v) is 6.84. The quantitative estimate of drug-likeness (QED) is 0.736. The molecular formula is C24H27BrN2O3. The highest BCUT2D eigenvalue weighted by molar-refractivity contribution is 9.10. The minimum absolute atomic E-state index is 0.0659. The lowest BCUT2D eigenvalue weighted by atomic mass is 9.73. The van der Waals surface area contributed by atoms with Gasteiger partial charge in [-0.1, -0.05) is 46.3 Å². The molecule has 0 aliphatic carbocycles. The van der Waals surface area contributed by atoms with Crippen molar-refractivity contribution in [3.8, 4) is 0 Å². The summed E-state index contributed by atoms with van der Waals surface area (Å²) in [6.45, 7) is 2.50. The van der Waals surface area contributed by atoms with E-state index in [1.165, 1.54) is 0 Å². The maximum Gasteiger partial charge on any atom is 0.253 e. The zero-order valence-corrected chi connectivity index (χ0v) is 18.6. The van der Waals surface area contributed by atoms with E-state index in [2.05, 4.69) is 21.2 Å². The summed E-state index contributed by atoms with van der Waals surface area (Å²) in [6.07, 6.45) is 2.92. The molecule has 2 fully saturated rings. The number of ether oxygens (including phenoxy) is 1. The number of nitrogens with one attached hydrogen (secondary N) is 1. The molecule has 0 saturated carbocycles. The molecule has 0 spiro atoms. The number of halogens is 1. The zero-order valence-electron chi connectivity index (χ0n) is 17.0. The summed E-state index contributed by atoms with van der Waals surface area (Å²) in [5.74, 6) is 0.150. The van der Waals surface area contributed by atoms with E-state index < -0.39 is 5.41 Å². The molecule has 2 aliphatic heterocycles. The van der Waals surface area contributed by atoms with Crippen molar-refractivity contribution in [2.24, 2.45) is 0 Å². The number of rotatable bonds is 4. The number of carbonyl (C=O) groups excluding carboxylic acids is 2. The molecule has 0 atom stereocenters. The fourth-order valence-electron chi connectivity index (χ4n) is 4.45. The van der Waals surface area contributed by atoms with E-state index in [0.717, 1.165) is 28.4 Å². The SMILES string of the molecule is O=C(c1ccccc1)N1CCC(NC(=O)C2(c3ccc(Br)cc3)CCOCC2)CC1. The van der Waals surface area contributed by atoms with E-state index in [9.17, 15) is 9.59 Å². The first-order valence-electron chi connectivity index (χ1n) is 10.6. The van der Waals surface area contributed by atoms with Gasteiger partial charge in [0.15, 0.2) is 0 Å². The molecule has 30 heavy (non-hydrogen) atoms. The first kappa shape index (κ1) is 21.1. The van der Waals surface area contributed by atoms with Crippen molar-refractivity contribution < 1.29 is 14.3 Å². The van der Waals surface area contributed by atoms with Gasteiger partial charge in [0, 0.05) is 42.4 Å². The maximum absolute atomic E-state index is 13.5. The van der Waals surface area contributed by atoms with Gasteiger partial charge in [-0.2, -0.15) is 0 Å². The summed E-state index contributed by atoms with van der Waals surface area (Å²) in [4.78, 5) is 28.0. The van der Waals surface area contributed by atoms with Gasteiger partial charge in [0.25, 0.3) is 5.91 Å². The van der Waals surface area contributed by atoms with Crippen molar-refractivity contribution in [3.63, 3.8) is 0 Å². The molecule has 1 N–H and O–H groups in total. The summed E-state index contributed by atoms with van der Waals surface area (Å²) in [7, 11) is 0. The first-order valence-corrected chi connectivity index (χ1v) is 11.4. The Balaban J connectivity index is 1.40. The first-order chi connectivity index (χ1) is 14.6. The number of likely N-dealkylation sites (tertiary alicyclic amines) is 1. The van der Waals surface area contributed by atoms with Gasteiger partial charge in [0.05, 0.1) is 5.41 Å². The lowest BCUT2D eigenvalue weighted by Crippen LogP contribution is -2.53. The minimum Gasteiger partial charge on any atom is -0.381 e. The topological polar surface area (TPSA) is 58.6 Å². The number of amides is 2. The second-order valence-corrected chi connectivity index (χ2v) is 9.02. The van der Waals surface area contributed by atoms with Gasteiger partial charge in [-0.3, -0.25) is 9.59 Å². The van der Waals surface area contributed by atoms with Crippen LogP contribution in [0.4, 0.5) is 0 Å². The predicted octanol–water partition coefficient (Wildman–Crippen LogP) is 3.92. The van der Waals surface area contributed by atoms with Crippen LogP contribution in [0.1, 0.15) is 41.6 Å². The van der Waals surface area contributed by atoms with Crippen LogP contribution in [0.3, 0.4) is 0 Å². The molecule has 2 heterocycles. The number of nitrogens with zero attached hydrogens (tertiary/aromatic N) is 1. The van der Waals surface area contributed by atoms with E-state index in [0.29, 0.717) is 39.1 Å². The Hall–Kier alpha value is -2.18. The van der Waals surface area contributed by atoms with Gasteiger partial charge < -0.3 is 15.0 Å². The fraction of sp³-hybridized carbons (Fsp3) is 0.417. The number of benzene rings is 2. The van der Waals surface area contributed by atoms with Crippen LogP contribution < -0.4 is 5.32 Å². The van der Waals surface area contributed by atoms with Crippen LogP contribution in [0, 0.1) is 0 Å². The van der Waals surface area contributed by atoms with Crippen molar-refractivity contribution in [2.75, 3.05) is 26.3 Å². The Morgan fingerprint density at radius 2 is 1.60 bits per heavy atom. The Morgan fingerprint density at radius 1 is 0.967 bits per heavy atom. The second-order valence-electron chi connectivity index (χ2n) is 8.11. The van der Waals surface area contributed by atoms with Crippen molar-refractivity contribution in [1.82, 2.24) is 10.2 Å². The monoisotopic (exact) mass is 470 g/mol. The molecule has 0 bridgehead atoms. The standard InChI is InChI=1S/C24H27BrN2O3/c25-20-8-6-19(7-9-20)24(12-16-30-17-13-24)23(29)26-21-10-14-27(15-11-21)22(28)18-4-2-1-3-5-18/h1-9,21H,10-17H2,(H,26,29). The molecule has 5 nitrogen and oxygen atoms in total. The van der Waals surface area contributed by atoms with Gasteiger partial charge in [-0.25, -0.2) is 0 Å². The molecule has 2 saturated heterocycles.